The van der Waals surface area contributed by atoms with E-state index in [0.717, 1.165) is 19.3 Å². The first-order chi connectivity index (χ1) is 9.54. The number of aromatic nitrogens is 2. The highest BCUT2D eigenvalue weighted by atomic mass is 32.1. The second-order valence-corrected chi connectivity index (χ2v) is 6.06. The summed E-state index contributed by atoms with van der Waals surface area (Å²) in [5.41, 5.74) is 0.452. The Hall–Kier alpha value is -1.47. The van der Waals surface area contributed by atoms with Crippen molar-refractivity contribution >= 4 is 39.7 Å². The van der Waals surface area contributed by atoms with Gasteiger partial charge in [-0.05, 0) is 31.1 Å². The van der Waals surface area contributed by atoms with Gasteiger partial charge in [0.15, 0.2) is 4.77 Å². The molecule has 7 heteroatoms. The molecule has 0 saturated carbocycles. The quantitative estimate of drug-likeness (QED) is 0.587. The maximum absolute atomic E-state index is 12.1. The lowest BCUT2D eigenvalue weighted by Crippen LogP contribution is -2.24. The molecule has 5 nitrogen and oxygen atoms in total. The Labute approximate surface area is 125 Å². The Balaban J connectivity index is 2.29. The van der Waals surface area contributed by atoms with Gasteiger partial charge in [0, 0.05) is 6.54 Å². The van der Waals surface area contributed by atoms with Crippen LogP contribution in [-0.2, 0) is 0 Å². The number of thiophene rings is 1. The van der Waals surface area contributed by atoms with Gasteiger partial charge in [0.2, 0.25) is 0 Å². The monoisotopic (exact) mass is 311 g/mol. The Kier molecular flexibility index (Phi) is 4.72. The number of aryl methyl sites for hydroxylation is 1. The van der Waals surface area contributed by atoms with Crippen molar-refractivity contribution in [3.63, 3.8) is 0 Å². The third-order valence-corrected chi connectivity index (χ3v) is 4.51. The number of carbonyl (C=O) groups excluding carboxylic acids is 1. The van der Waals surface area contributed by atoms with Gasteiger partial charge in [-0.25, -0.2) is 0 Å². The van der Waals surface area contributed by atoms with Crippen LogP contribution in [0.25, 0.3) is 10.2 Å². The maximum atomic E-state index is 12.1. The summed E-state index contributed by atoms with van der Waals surface area (Å²) in [5.74, 6) is -0.126. The van der Waals surface area contributed by atoms with Crippen LogP contribution in [0.15, 0.2) is 4.79 Å². The topological polar surface area (TPSA) is 77.8 Å². The fraction of sp³-hybridized carbons (Fsp3) is 0.462. The normalized spacial score (nSPS) is 10.9. The van der Waals surface area contributed by atoms with E-state index in [1.165, 1.54) is 11.3 Å². The molecule has 2 aromatic rings. The van der Waals surface area contributed by atoms with E-state index in [2.05, 4.69) is 22.2 Å². The van der Waals surface area contributed by atoms with Crippen molar-refractivity contribution in [1.29, 1.82) is 0 Å². The fourth-order valence-electron chi connectivity index (χ4n) is 2.05. The second-order valence-electron chi connectivity index (χ2n) is 4.63. The molecule has 1 amide bonds. The lowest BCUT2D eigenvalue weighted by molar-refractivity contribution is 0.0956. The zero-order chi connectivity index (χ0) is 14.7. The molecule has 0 saturated heterocycles. The summed E-state index contributed by atoms with van der Waals surface area (Å²) in [5, 5.41) is 3.40. The molecule has 0 aliphatic carbocycles. The van der Waals surface area contributed by atoms with E-state index in [0.29, 0.717) is 27.2 Å². The summed E-state index contributed by atoms with van der Waals surface area (Å²) in [6.07, 6.45) is 3.18. The average Bonchev–Trinajstić information content (AvgIpc) is 2.71. The number of H-pyrrole nitrogens is 2. The molecule has 2 rings (SSSR count). The molecule has 20 heavy (non-hydrogen) atoms. The molecule has 108 valence electrons. The van der Waals surface area contributed by atoms with Crippen molar-refractivity contribution in [3.05, 3.63) is 25.6 Å². The second kappa shape index (κ2) is 6.32. The Morgan fingerprint density at radius 1 is 1.35 bits per heavy atom. The Morgan fingerprint density at radius 2 is 2.10 bits per heavy atom. The van der Waals surface area contributed by atoms with E-state index in [9.17, 15) is 9.59 Å². The number of hydrogen-bond donors (Lipinski definition) is 3. The summed E-state index contributed by atoms with van der Waals surface area (Å²) >= 11 is 6.21. The van der Waals surface area contributed by atoms with Gasteiger partial charge in [-0.1, -0.05) is 19.8 Å². The van der Waals surface area contributed by atoms with Gasteiger partial charge in [0.05, 0.1) is 10.3 Å². The van der Waals surface area contributed by atoms with E-state index in [-0.39, 0.29) is 16.2 Å². The third kappa shape index (κ3) is 2.99. The van der Waals surface area contributed by atoms with Gasteiger partial charge in [0.25, 0.3) is 11.5 Å². The molecule has 2 heterocycles. The van der Waals surface area contributed by atoms with Crippen molar-refractivity contribution in [2.75, 3.05) is 6.54 Å². The summed E-state index contributed by atoms with van der Waals surface area (Å²) < 4.78 is 0.277. The number of nitrogens with one attached hydrogen (secondary N) is 3. The smallest absolute Gasteiger partial charge is 0.261 e. The minimum atomic E-state index is -0.248. The molecule has 0 spiro atoms. The molecule has 0 aromatic carbocycles. The number of aromatic amines is 2. The first-order valence-electron chi connectivity index (χ1n) is 6.58. The highest BCUT2D eigenvalue weighted by molar-refractivity contribution is 7.71. The van der Waals surface area contributed by atoms with Gasteiger partial charge in [-0.3, -0.25) is 14.6 Å². The maximum Gasteiger partial charge on any atom is 0.261 e. The standard InChI is InChI=1S/C13H17N3O2S2/c1-3-4-5-6-14-11(18)9-7(2)8-10(17)15-13(19)16-12(8)20-9/h3-6H2,1-2H3,(H,14,18)(H2,15,16,17,19). The minimum absolute atomic E-state index is 0.126. The summed E-state index contributed by atoms with van der Waals surface area (Å²) in [7, 11) is 0. The molecule has 2 aromatic heterocycles. The number of amides is 1. The van der Waals surface area contributed by atoms with Gasteiger partial charge >= 0.3 is 0 Å². The number of fused-ring (bicyclic) bond motifs is 1. The third-order valence-electron chi connectivity index (χ3n) is 3.10. The lowest BCUT2D eigenvalue weighted by atomic mass is 10.2. The molecular formula is C13H17N3O2S2. The van der Waals surface area contributed by atoms with Gasteiger partial charge in [-0.2, -0.15) is 0 Å². The zero-order valence-electron chi connectivity index (χ0n) is 11.5. The first-order valence-corrected chi connectivity index (χ1v) is 7.81. The van der Waals surface area contributed by atoms with E-state index in [1.807, 2.05) is 0 Å². The zero-order valence-corrected chi connectivity index (χ0v) is 13.1. The van der Waals surface area contributed by atoms with E-state index in [1.54, 1.807) is 6.92 Å². The van der Waals surface area contributed by atoms with Gasteiger partial charge in [-0.15, -0.1) is 11.3 Å². The number of rotatable bonds is 5. The van der Waals surface area contributed by atoms with E-state index >= 15 is 0 Å². The molecule has 0 aliphatic rings. The molecule has 3 N–H and O–H groups in total. The first kappa shape index (κ1) is 14.9. The Morgan fingerprint density at radius 3 is 2.80 bits per heavy atom. The summed E-state index contributed by atoms with van der Waals surface area (Å²) in [6.45, 7) is 4.56. The van der Waals surface area contributed by atoms with Crippen LogP contribution in [0.4, 0.5) is 0 Å². The number of unbranched alkanes of at least 4 members (excludes halogenated alkanes) is 2. The van der Waals surface area contributed by atoms with Crippen LogP contribution in [0.2, 0.25) is 0 Å². The van der Waals surface area contributed by atoms with Crippen molar-refractivity contribution in [3.8, 4) is 0 Å². The van der Waals surface area contributed by atoms with Crippen molar-refractivity contribution in [2.45, 2.75) is 33.1 Å². The predicted octanol–water partition coefficient (Wildman–Crippen LogP) is 2.88. The molecule has 0 aliphatic heterocycles. The summed E-state index contributed by atoms with van der Waals surface area (Å²) in [4.78, 5) is 30.7. The molecule has 0 radical (unpaired) electrons. The van der Waals surface area contributed by atoms with E-state index < -0.39 is 0 Å². The average molecular weight is 311 g/mol. The molecule has 0 atom stereocenters. The fourth-order valence-corrected chi connectivity index (χ4v) is 3.43. The predicted molar refractivity (Wildman–Crippen MR) is 84.2 cm³/mol. The lowest BCUT2D eigenvalue weighted by Gasteiger charge is -2.03. The van der Waals surface area contributed by atoms with Crippen LogP contribution in [0.1, 0.15) is 41.4 Å². The SMILES string of the molecule is CCCCCNC(=O)c1sc2[nH]c(=S)[nH]c(=O)c2c1C. The highest BCUT2D eigenvalue weighted by Gasteiger charge is 2.17. The summed E-state index contributed by atoms with van der Waals surface area (Å²) in [6, 6.07) is 0. The van der Waals surface area contributed by atoms with Crippen LogP contribution in [0.5, 0.6) is 0 Å². The van der Waals surface area contributed by atoms with Crippen molar-refractivity contribution < 1.29 is 4.79 Å². The van der Waals surface area contributed by atoms with Crippen LogP contribution in [-0.4, -0.2) is 22.4 Å². The van der Waals surface area contributed by atoms with Gasteiger partial charge in [0.1, 0.15) is 4.83 Å². The number of carbonyl (C=O) groups is 1. The van der Waals surface area contributed by atoms with Crippen LogP contribution in [0.3, 0.4) is 0 Å². The number of hydrogen-bond acceptors (Lipinski definition) is 4. The van der Waals surface area contributed by atoms with E-state index in [4.69, 9.17) is 12.2 Å². The van der Waals surface area contributed by atoms with Crippen molar-refractivity contribution in [1.82, 2.24) is 15.3 Å². The minimum Gasteiger partial charge on any atom is -0.351 e. The van der Waals surface area contributed by atoms with Crippen LogP contribution < -0.4 is 10.9 Å². The molecular weight excluding hydrogens is 294 g/mol. The van der Waals surface area contributed by atoms with Gasteiger partial charge < -0.3 is 10.3 Å². The molecule has 0 unspecified atom stereocenters. The Bertz CT molecular complexity index is 742. The van der Waals surface area contributed by atoms with Crippen LogP contribution in [0, 0.1) is 11.7 Å². The largest absolute Gasteiger partial charge is 0.351 e. The highest BCUT2D eigenvalue weighted by Crippen LogP contribution is 2.26. The molecule has 0 fully saturated rings. The van der Waals surface area contributed by atoms with Crippen molar-refractivity contribution in [2.24, 2.45) is 0 Å². The molecule has 0 bridgehead atoms. The van der Waals surface area contributed by atoms with Crippen LogP contribution >= 0.6 is 23.6 Å².